The Kier molecular flexibility index (Phi) is 7.36. The van der Waals surface area contributed by atoms with Gasteiger partial charge in [0.15, 0.2) is 0 Å². The van der Waals surface area contributed by atoms with Crippen molar-refractivity contribution in [3.8, 4) is 0 Å². The zero-order valence-corrected chi connectivity index (χ0v) is 14.4. The summed E-state index contributed by atoms with van der Waals surface area (Å²) in [5, 5.41) is 6.41. The van der Waals surface area contributed by atoms with Gasteiger partial charge in [-0.05, 0) is 24.5 Å². The maximum Gasteiger partial charge on any atom is 0.221 e. The number of benzene rings is 1. The molecule has 0 unspecified atom stereocenters. The van der Waals surface area contributed by atoms with Crippen LogP contribution < -0.4 is 10.6 Å². The summed E-state index contributed by atoms with van der Waals surface area (Å²) >= 11 is 0. The maximum absolute atomic E-state index is 11.9. The molecule has 0 bridgehead atoms. The molecule has 1 fully saturated rings. The number of hydrogen-bond donors (Lipinski definition) is 2. The molecule has 128 valence electrons. The maximum atomic E-state index is 11.9. The molecule has 1 amide bonds. The van der Waals surface area contributed by atoms with Crippen molar-refractivity contribution in [2.45, 2.75) is 26.7 Å². The third kappa shape index (κ3) is 5.84. The van der Waals surface area contributed by atoms with E-state index in [0.717, 1.165) is 39.3 Å². The number of ether oxygens (including phenoxy) is 1. The molecule has 23 heavy (non-hydrogen) atoms. The van der Waals surface area contributed by atoms with Crippen molar-refractivity contribution in [2.75, 3.05) is 51.3 Å². The number of carbonyl (C=O) groups is 1. The van der Waals surface area contributed by atoms with Gasteiger partial charge in [-0.3, -0.25) is 9.69 Å². The highest BCUT2D eigenvalue weighted by atomic mass is 16.5. The number of anilines is 1. The van der Waals surface area contributed by atoms with Gasteiger partial charge in [-0.15, -0.1) is 0 Å². The molecule has 1 aromatic rings. The van der Waals surface area contributed by atoms with Crippen LogP contribution >= 0.6 is 0 Å². The minimum atomic E-state index is 0.109. The van der Waals surface area contributed by atoms with Crippen LogP contribution in [0.3, 0.4) is 0 Å². The average Bonchev–Trinajstić information content (AvgIpc) is 2.57. The topological polar surface area (TPSA) is 53.6 Å². The summed E-state index contributed by atoms with van der Waals surface area (Å²) in [5.41, 5.74) is 3.71. The molecule has 0 atom stereocenters. The summed E-state index contributed by atoms with van der Waals surface area (Å²) in [7, 11) is 0. The van der Waals surface area contributed by atoms with Crippen LogP contribution in [0.2, 0.25) is 0 Å². The summed E-state index contributed by atoms with van der Waals surface area (Å²) < 4.78 is 5.31. The molecule has 1 aliphatic rings. The van der Waals surface area contributed by atoms with Gasteiger partial charge in [-0.1, -0.05) is 25.1 Å². The predicted octanol–water partition coefficient (Wildman–Crippen LogP) is 1.81. The van der Waals surface area contributed by atoms with Gasteiger partial charge in [-0.2, -0.15) is 0 Å². The second kappa shape index (κ2) is 9.53. The molecule has 0 saturated carbocycles. The van der Waals surface area contributed by atoms with Crippen LogP contribution in [0.25, 0.3) is 0 Å². The standard InChI is InChI=1S/C18H29N3O2/c1-3-16-6-4-5-15(2)18(16)20-8-7-17(22)19-9-10-21-11-13-23-14-12-21/h4-6,20H,3,7-14H2,1-2H3,(H,19,22). The molecule has 1 saturated heterocycles. The molecule has 0 spiro atoms. The molecule has 2 rings (SSSR count). The average molecular weight is 319 g/mol. The van der Waals surface area contributed by atoms with E-state index < -0.39 is 0 Å². The van der Waals surface area contributed by atoms with Gasteiger partial charge in [0.25, 0.3) is 0 Å². The summed E-state index contributed by atoms with van der Waals surface area (Å²) in [6.07, 6.45) is 1.50. The first-order valence-corrected chi connectivity index (χ1v) is 8.60. The van der Waals surface area contributed by atoms with Crippen molar-refractivity contribution in [1.82, 2.24) is 10.2 Å². The van der Waals surface area contributed by atoms with Crippen LogP contribution in [0.4, 0.5) is 5.69 Å². The summed E-state index contributed by atoms with van der Waals surface area (Å²) in [6.45, 7) is 10.1. The van der Waals surface area contributed by atoms with Crippen LogP contribution in [-0.4, -0.2) is 56.7 Å². The monoisotopic (exact) mass is 319 g/mol. The van der Waals surface area contributed by atoms with Crippen molar-refractivity contribution >= 4 is 11.6 Å². The van der Waals surface area contributed by atoms with E-state index >= 15 is 0 Å². The smallest absolute Gasteiger partial charge is 0.221 e. The summed E-state index contributed by atoms with van der Waals surface area (Å²) in [4.78, 5) is 14.2. The second-order valence-corrected chi connectivity index (χ2v) is 5.94. The van der Waals surface area contributed by atoms with E-state index in [1.165, 1.54) is 16.8 Å². The van der Waals surface area contributed by atoms with Crippen LogP contribution in [0.5, 0.6) is 0 Å². The first-order chi connectivity index (χ1) is 11.2. The third-order valence-corrected chi connectivity index (χ3v) is 4.25. The normalized spacial score (nSPS) is 15.4. The predicted molar refractivity (Wildman–Crippen MR) is 93.9 cm³/mol. The lowest BCUT2D eigenvalue weighted by Gasteiger charge is -2.26. The lowest BCUT2D eigenvalue weighted by atomic mass is 10.1. The van der Waals surface area contributed by atoms with E-state index in [0.29, 0.717) is 19.5 Å². The van der Waals surface area contributed by atoms with Crippen LogP contribution in [0.1, 0.15) is 24.5 Å². The van der Waals surface area contributed by atoms with Gasteiger partial charge in [-0.25, -0.2) is 0 Å². The van der Waals surface area contributed by atoms with Crippen LogP contribution in [0, 0.1) is 6.92 Å². The quantitative estimate of drug-likeness (QED) is 0.767. The van der Waals surface area contributed by atoms with Gasteiger partial charge in [0.05, 0.1) is 13.2 Å². The Morgan fingerprint density at radius 3 is 2.78 bits per heavy atom. The lowest BCUT2D eigenvalue weighted by molar-refractivity contribution is -0.120. The molecule has 1 aromatic carbocycles. The zero-order chi connectivity index (χ0) is 16.5. The molecule has 0 aromatic heterocycles. The molecule has 1 heterocycles. The van der Waals surface area contributed by atoms with Gasteiger partial charge < -0.3 is 15.4 Å². The van der Waals surface area contributed by atoms with E-state index in [2.05, 4.69) is 47.6 Å². The Hall–Kier alpha value is -1.59. The van der Waals surface area contributed by atoms with Crippen molar-refractivity contribution in [3.63, 3.8) is 0 Å². The molecule has 2 N–H and O–H groups in total. The zero-order valence-electron chi connectivity index (χ0n) is 14.4. The van der Waals surface area contributed by atoms with Gasteiger partial charge >= 0.3 is 0 Å². The number of morpholine rings is 1. The molecule has 0 aliphatic carbocycles. The van der Waals surface area contributed by atoms with E-state index in [1.807, 2.05) is 0 Å². The van der Waals surface area contributed by atoms with Crippen molar-refractivity contribution in [2.24, 2.45) is 0 Å². The van der Waals surface area contributed by atoms with Gasteiger partial charge in [0, 0.05) is 44.8 Å². The number of aryl methyl sites for hydroxylation is 2. The van der Waals surface area contributed by atoms with Crippen LogP contribution in [0.15, 0.2) is 18.2 Å². The highest BCUT2D eigenvalue weighted by Gasteiger charge is 2.10. The Balaban J connectivity index is 1.65. The highest BCUT2D eigenvalue weighted by molar-refractivity contribution is 5.76. The number of para-hydroxylation sites is 1. The largest absolute Gasteiger partial charge is 0.384 e. The number of hydrogen-bond acceptors (Lipinski definition) is 4. The Labute approximate surface area is 139 Å². The van der Waals surface area contributed by atoms with Crippen LogP contribution in [-0.2, 0) is 16.0 Å². The summed E-state index contributed by atoms with van der Waals surface area (Å²) in [5.74, 6) is 0.109. The molecule has 1 aliphatic heterocycles. The number of rotatable bonds is 8. The van der Waals surface area contributed by atoms with Crippen molar-refractivity contribution < 1.29 is 9.53 Å². The van der Waals surface area contributed by atoms with Gasteiger partial charge in [0.1, 0.15) is 0 Å². The first-order valence-electron chi connectivity index (χ1n) is 8.60. The van der Waals surface area contributed by atoms with Crippen molar-refractivity contribution in [3.05, 3.63) is 29.3 Å². The summed E-state index contributed by atoms with van der Waals surface area (Å²) in [6, 6.07) is 6.32. The van der Waals surface area contributed by atoms with E-state index in [-0.39, 0.29) is 5.91 Å². The molecule has 0 radical (unpaired) electrons. The molecule has 5 heteroatoms. The van der Waals surface area contributed by atoms with E-state index in [1.54, 1.807) is 0 Å². The Morgan fingerprint density at radius 2 is 2.04 bits per heavy atom. The molecule has 5 nitrogen and oxygen atoms in total. The fourth-order valence-corrected chi connectivity index (χ4v) is 2.84. The molecular formula is C18H29N3O2. The SMILES string of the molecule is CCc1cccc(C)c1NCCC(=O)NCCN1CCOCC1. The third-order valence-electron chi connectivity index (χ3n) is 4.25. The second-order valence-electron chi connectivity index (χ2n) is 5.94. The van der Waals surface area contributed by atoms with Crippen molar-refractivity contribution in [1.29, 1.82) is 0 Å². The first kappa shape index (κ1) is 17.8. The number of nitrogens with zero attached hydrogens (tertiary/aromatic N) is 1. The fraction of sp³-hybridized carbons (Fsp3) is 0.611. The lowest BCUT2D eigenvalue weighted by Crippen LogP contribution is -2.41. The van der Waals surface area contributed by atoms with E-state index in [4.69, 9.17) is 4.74 Å². The fourth-order valence-electron chi connectivity index (χ4n) is 2.84. The Morgan fingerprint density at radius 1 is 1.26 bits per heavy atom. The van der Waals surface area contributed by atoms with Gasteiger partial charge in [0.2, 0.25) is 5.91 Å². The minimum absolute atomic E-state index is 0.109. The van der Waals surface area contributed by atoms with E-state index in [9.17, 15) is 4.79 Å². The number of amides is 1. The number of nitrogens with one attached hydrogen (secondary N) is 2. The number of carbonyl (C=O) groups excluding carboxylic acids is 1. The minimum Gasteiger partial charge on any atom is -0.384 e. The Bertz CT molecular complexity index is 499. The highest BCUT2D eigenvalue weighted by Crippen LogP contribution is 2.20. The molecular weight excluding hydrogens is 290 g/mol.